The average Bonchev–Trinajstić information content (AvgIpc) is 2.70. The van der Waals surface area contributed by atoms with Crippen molar-refractivity contribution < 1.29 is 9.18 Å². The number of halogens is 1. The predicted octanol–water partition coefficient (Wildman–Crippen LogP) is 3.70. The fraction of sp³-hybridized carbons (Fsp3) is 0.500. The van der Waals surface area contributed by atoms with Crippen LogP contribution >= 0.6 is 12.2 Å². The Balaban J connectivity index is 2.27. The zero-order valence-electron chi connectivity index (χ0n) is 12.2. The maximum atomic E-state index is 13.6. The second-order valence-electron chi connectivity index (χ2n) is 5.73. The maximum Gasteiger partial charge on any atom is 0.237 e. The van der Waals surface area contributed by atoms with Crippen LogP contribution in [0.4, 0.5) is 10.1 Å². The number of anilines is 1. The molecule has 114 valence electrons. The van der Waals surface area contributed by atoms with E-state index in [1.54, 1.807) is 19.1 Å². The lowest BCUT2D eigenvalue weighted by Gasteiger charge is -2.30. The van der Waals surface area contributed by atoms with E-state index in [0.29, 0.717) is 24.1 Å². The van der Waals surface area contributed by atoms with Crippen molar-refractivity contribution in [3.63, 3.8) is 0 Å². The number of benzene rings is 1. The van der Waals surface area contributed by atoms with Crippen molar-refractivity contribution in [3.05, 3.63) is 29.6 Å². The minimum absolute atomic E-state index is 0.203. The number of carbonyl (C=O) groups is 1. The van der Waals surface area contributed by atoms with Crippen molar-refractivity contribution in [1.29, 1.82) is 0 Å². The first-order chi connectivity index (χ1) is 9.97. The fourth-order valence-corrected chi connectivity index (χ4v) is 3.20. The van der Waals surface area contributed by atoms with Crippen molar-refractivity contribution in [1.82, 2.24) is 0 Å². The molecule has 0 heterocycles. The molecular formula is C16H21FN2OS. The Kier molecular flexibility index (Phi) is 4.93. The second-order valence-corrected chi connectivity index (χ2v) is 6.17. The van der Waals surface area contributed by atoms with E-state index < -0.39 is 5.41 Å². The van der Waals surface area contributed by atoms with Gasteiger partial charge in [0, 0.05) is 11.3 Å². The number of nitrogens with two attached hydrogens (primary N) is 1. The first kappa shape index (κ1) is 15.9. The summed E-state index contributed by atoms with van der Waals surface area (Å²) >= 11 is 5.18. The zero-order valence-corrected chi connectivity index (χ0v) is 13.1. The predicted molar refractivity (Wildman–Crippen MR) is 86.7 cm³/mol. The Labute approximate surface area is 130 Å². The molecule has 2 rings (SSSR count). The van der Waals surface area contributed by atoms with Crippen molar-refractivity contribution in [2.45, 2.75) is 45.4 Å². The summed E-state index contributed by atoms with van der Waals surface area (Å²) in [4.78, 5) is 13.0. The molecule has 5 heteroatoms. The highest BCUT2D eigenvalue weighted by molar-refractivity contribution is 7.80. The van der Waals surface area contributed by atoms with Crippen LogP contribution in [0, 0.1) is 18.2 Å². The molecule has 1 aliphatic carbocycles. The van der Waals surface area contributed by atoms with E-state index in [9.17, 15) is 9.18 Å². The van der Waals surface area contributed by atoms with Crippen LogP contribution in [0.1, 0.15) is 44.1 Å². The van der Waals surface area contributed by atoms with Crippen LogP contribution in [0.25, 0.3) is 0 Å². The monoisotopic (exact) mass is 308 g/mol. The number of hydrogen-bond donors (Lipinski definition) is 2. The molecule has 1 amide bonds. The number of nitrogens with one attached hydrogen (secondary N) is 1. The zero-order chi connectivity index (χ0) is 15.5. The summed E-state index contributed by atoms with van der Waals surface area (Å²) in [5.74, 6) is -0.538. The van der Waals surface area contributed by atoms with Gasteiger partial charge in [0.1, 0.15) is 5.82 Å². The molecule has 0 unspecified atom stereocenters. The standard InChI is InChI=1S/C16H21FN2OS/c1-11-12(17)7-6-8-13(11)19-15(20)16(14(18)21)9-4-2-3-5-10-16/h6-8H,2-5,9-10H2,1H3,(H2,18,21)(H,19,20). The summed E-state index contributed by atoms with van der Waals surface area (Å²) in [7, 11) is 0. The van der Waals surface area contributed by atoms with Crippen molar-refractivity contribution in [3.8, 4) is 0 Å². The molecule has 0 saturated heterocycles. The van der Waals surface area contributed by atoms with Gasteiger partial charge in [-0.25, -0.2) is 4.39 Å². The molecule has 1 aromatic carbocycles. The Morgan fingerprint density at radius 3 is 2.48 bits per heavy atom. The van der Waals surface area contributed by atoms with Crippen LogP contribution in [-0.2, 0) is 4.79 Å². The van der Waals surface area contributed by atoms with E-state index in [0.717, 1.165) is 25.7 Å². The topological polar surface area (TPSA) is 55.1 Å². The van der Waals surface area contributed by atoms with Gasteiger partial charge < -0.3 is 11.1 Å². The highest BCUT2D eigenvalue weighted by Crippen LogP contribution is 2.37. The smallest absolute Gasteiger partial charge is 0.237 e. The highest BCUT2D eigenvalue weighted by Gasteiger charge is 2.41. The lowest BCUT2D eigenvalue weighted by Crippen LogP contribution is -2.45. The molecule has 1 saturated carbocycles. The molecule has 21 heavy (non-hydrogen) atoms. The minimum atomic E-state index is -0.801. The molecule has 3 N–H and O–H groups in total. The van der Waals surface area contributed by atoms with Gasteiger partial charge in [-0.15, -0.1) is 0 Å². The number of rotatable bonds is 3. The van der Waals surface area contributed by atoms with E-state index >= 15 is 0 Å². The highest BCUT2D eigenvalue weighted by atomic mass is 32.1. The van der Waals surface area contributed by atoms with Gasteiger partial charge in [-0.05, 0) is 31.9 Å². The first-order valence-electron chi connectivity index (χ1n) is 7.34. The minimum Gasteiger partial charge on any atom is -0.392 e. The largest absolute Gasteiger partial charge is 0.392 e. The lowest BCUT2D eigenvalue weighted by molar-refractivity contribution is -0.122. The van der Waals surface area contributed by atoms with Gasteiger partial charge in [-0.1, -0.05) is 44.0 Å². The van der Waals surface area contributed by atoms with Crippen LogP contribution < -0.4 is 11.1 Å². The molecule has 0 radical (unpaired) electrons. The molecule has 0 bridgehead atoms. The van der Waals surface area contributed by atoms with E-state index in [1.807, 2.05) is 0 Å². The quantitative estimate of drug-likeness (QED) is 0.661. The van der Waals surface area contributed by atoms with Crippen LogP contribution in [0.2, 0.25) is 0 Å². The van der Waals surface area contributed by atoms with Gasteiger partial charge in [0.05, 0.1) is 10.4 Å². The number of carbonyl (C=O) groups excluding carboxylic acids is 1. The molecule has 1 aliphatic rings. The van der Waals surface area contributed by atoms with Crippen LogP contribution in [-0.4, -0.2) is 10.9 Å². The van der Waals surface area contributed by atoms with E-state index in [1.165, 1.54) is 6.07 Å². The van der Waals surface area contributed by atoms with Gasteiger partial charge in [0.2, 0.25) is 5.91 Å². The third-order valence-electron chi connectivity index (χ3n) is 4.38. The summed E-state index contributed by atoms with van der Waals surface area (Å²) in [5, 5.41) is 2.82. The average molecular weight is 308 g/mol. The molecule has 1 fully saturated rings. The van der Waals surface area contributed by atoms with Gasteiger partial charge in [-0.3, -0.25) is 4.79 Å². The molecule has 0 spiro atoms. The van der Waals surface area contributed by atoms with Gasteiger partial charge in [0.25, 0.3) is 0 Å². The third kappa shape index (κ3) is 3.23. The summed E-state index contributed by atoms with van der Waals surface area (Å²) in [5.41, 5.74) is 6.00. The number of thiocarbonyl (C=S) groups is 1. The van der Waals surface area contributed by atoms with E-state index in [4.69, 9.17) is 18.0 Å². The molecule has 0 aromatic heterocycles. The van der Waals surface area contributed by atoms with Gasteiger partial charge in [-0.2, -0.15) is 0 Å². The SMILES string of the molecule is Cc1c(F)cccc1NC(=O)C1(C(N)=S)CCCCCC1. The van der Waals surface area contributed by atoms with Crippen molar-refractivity contribution in [2.75, 3.05) is 5.32 Å². The van der Waals surface area contributed by atoms with Gasteiger partial charge >= 0.3 is 0 Å². The molecular weight excluding hydrogens is 287 g/mol. The Morgan fingerprint density at radius 2 is 1.90 bits per heavy atom. The summed E-state index contributed by atoms with van der Waals surface area (Å²) in [6, 6.07) is 4.65. The lowest BCUT2D eigenvalue weighted by atomic mass is 9.79. The number of hydrogen-bond acceptors (Lipinski definition) is 2. The normalized spacial score (nSPS) is 17.8. The van der Waals surface area contributed by atoms with Crippen molar-refractivity contribution in [2.24, 2.45) is 11.1 Å². The Bertz CT molecular complexity index is 551. The van der Waals surface area contributed by atoms with E-state index in [2.05, 4.69) is 5.32 Å². The van der Waals surface area contributed by atoms with Crippen LogP contribution in [0.15, 0.2) is 18.2 Å². The van der Waals surface area contributed by atoms with E-state index in [-0.39, 0.29) is 16.7 Å². The molecule has 0 aliphatic heterocycles. The summed E-state index contributed by atoms with van der Waals surface area (Å²) in [6.45, 7) is 1.64. The maximum absolute atomic E-state index is 13.6. The number of amides is 1. The van der Waals surface area contributed by atoms with Gasteiger partial charge in [0.15, 0.2) is 0 Å². The van der Waals surface area contributed by atoms with Crippen molar-refractivity contribution >= 4 is 28.8 Å². The summed E-state index contributed by atoms with van der Waals surface area (Å²) in [6.07, 6.45) is 5.40. The van der Waals surface area contributed by atoms with Crippen LogP contribution in [0.5, 0.6) is 0 Å². The Hall–Kier alpha value is -1.49. The molecule has 1 aromatic rings. The molecule has 0 atom stereocenters. The second kappa shape index (κ2) is 6.52. The first-order valence-corrected chi connectivity index (χ1v) is 7.75. The molecule has 3 nitrogen and oxygen atoms in total. The van der Waals surface area contributed by atoms with Crippen LogP contribution in [0.3, 0.4) is 0 Å². The summed E-state index contributed by atoms with van der Waals surface area (Å²) < 4.78 is 13.6. The fourth-order valence-electron chi connectivity index (χ4n) is 2.90. The third-order valence-corrected chi connectivity index (χ3v) is 4.77. The Morgan fingerprint density at radius 1 is 1.29 bits per heavy atom.